The van der Waals surface area contributed by atoms with Gasteiger partial charge < -0.3 is 4.90 Å². The van der Waals surface area contributed by atoms with Gasteiger partial charge in [-0.15, -0.1) is 0 Å². The number of rotatable bonds is 6. The lowest BCUT2D eigenvalue weighted by Gasteiger charge is -2.33. The Kier molecular flexibility index (Phi) is 7.11. The summed E-state index contributed by atoms with van der Waals surface area (Å²) in [7, 11) is 0. The predicted molar refractivity (Wildman–Crippen MR) is 218 cm³/mol. The van der Waals surface area contributed by atoms with Crippen LogP contribution >= 0.6 is 0 Å². The molecule has 0 atom stereocenters. The molecule has 8 aromatic carbocycles. The molecule has 0 bridgehead atoms. The minimum Gasteiger partial charge on any atom is -0.311 e. The third-order valence-corrected chi connectivity index (χ3v) is 10.9. The zero-order valence-electron chi connectivity index (χ0n) is 28.7. The van der Waals surface area contributed by atoms with Crippen molar-refractivity contribution in [1.82, 2.24) is 0 Å². The van der Waals surface area contributed by atoms with E-state index in [2.05, 4.69) is 217 Å². The van der Waals surface area contributed by atoms with E-state index in [0.717, 1.165) is 17.1 Å². The minimum atomic E-state index is -0.370. The van der Waals surface area contributed by atoms with Crippen molar-refractivity contribution in [3.63, 3.8) is 0 Å². The van der Waals surface area contributed by atoms with Gasteiger partial charge in [-0.1, -0.05) is 170 Å². The smallest absolute Gasteiger partial charge is 0.0725 e. The van der Waals surface area contributed by atoms with E-state index in [0.29, 0.717) is 0 Å². The zero-order chi connectivity index (χ0) is 34.5. The lowest BCUT2D eigenvalue weighted by atomic mass is 9.68. The van der Waals surface area contributed by atoms with Crippen LogP contribution in [0.4, 0.5) is 17.1 Å². The Balaban J connectivity index is 1.09. The van der Waals surface area contributed by atoms with Gasteiger partial charge in [-0.25, -0.2) is 0 Å². The Bertz CT molecular complexity index is 2450. The predicted octanol–water partition coefficient (Wildman–Crippen LogP) is 13.4. The molecule has 2 aliphatic carbocycles. The molecule has 0 unspecified atom stereocenters. The van der Waals surface area contributed by atoms with Crippen LogP contribution < -0.4 is 4.90 Å². The molecule has 0 aromatic heterocycles. The molecule has 0 radical (unpaired) electrons. The van der Waals surface area contributed by atoms with Crippen molar-refractivity contribution in [3.8, 4) is 33.4 Å². The lowest BCUT2D eigenvalue weighted by molar-refractivity contribution is 0.842. The van der Waals surface area contributed by atoms with Crippen molar-refractivity contribution >= 4 is 28.7 Å². The van der Waals surface area contributed by atoms with Gasteiger partial charge >= 0.3 is 0 Å². The number of anilines is 3. The number of fused-ring (bicyclic) bond motifs is 7. The molecule has 1 nitrogen and oxygen atoms in total. The van der Waals surface area contributed by atoms with E-state index in [-0.39, 0.29) is 5.41 Å². The van der Waals surface area contributed by atoms with Gasteiger partial charge in [-0.05, 0) is 109 Å². The maximum atomic E-state index is 2.42. The van der Waals surface area contributed by atoms with Gasteiger partial charge in [0.15, 0.2) is 0 Å². The molecule has 0 N–H and O–H groups in total. The molecule has 10 rings (SSSR count). The largest absolute Gasteiger partial charge is 0.311 e. The summed E-state index contributed by atoms with van der Waals surface area (Å²) in [6.07, 6.45) is 2.42. The highest BCUT2D eigenvalue weighted by atomic mass is 15.1. The van der Waals surface area contributed by atoms with Crippen molar-refractivity contribution in [2.45, 2.75) is 5.41 Å². The topological polar surface area (TPSA) is 3.24 Å². The number of hydrogen-bond acceptors (Lipinski definition) is 1. The van der Waals surface area contributed by atoms with Crippen LogP contribution in [0.3, 0.4) is 0 Å². The van der Waals surface area contributed by atoms with E-state index in [9.17, 15) is 0 Å². The van der Waals surface area contributed by atoms with Crippen LogP contribution in [0.1, 0.15) is 27.8 Å². The Labute approximate surface area is 305 Å². The molecule has 0 saturated heterocycles. The monoisotopic (exact) mass is 661 g/mol. The Hall–Kier alpha value is -6.70. The van der Waals surface area contributed by atoms with Crippen molar-refractivity contribution in [2.75, 3.05) is 4.90 Å². The summed E-state index contributed by atoms with van der Waals surface area (Å²) < 4.78 is 0. The zero-order valence-corrected chi connectivity index (χ0v) is 28.7. The molecule has 1 heteroatoms. The molecule has 0 aliphatic heterocycles. The number of nitrogens with zero attached hydrogens (tertiary/aromatic N) is 1. The number of allylic oxidation sites excluding steroid dienone is 1. The SMILES string of the molecule is C1=C(c2ccc(N(c3ccc(-c4ccccc4)cc3)c3ccc(-c4ccccc4)cc3)cc2)C2(c3ccccc31)c1ccccc1-c1ccccc12. The highest BCUT2D eigenvalue weighted by Crippen LogP contribution is 2.62. The molecule has 0 amide bonds. The van der Waals surface area contributed by atoms with Gasteiger partial charge in [0.25, 0.3) is 0 Å². The third kappa shape index (κ3) is 4.71. The first kappa shape index (κ1) is 30.2. The van der Waals surface area contributed by atoms with Crippen LogP contribution in [0.15, 0.2) is 206 Å². The van der Waals surface area contributed by atoms with Crippen molar-refractivity contribution in [2.24, 2.45) is 0 Å². The Morgan fingerprint density at radius 2 is 0.654 bits per heavy atom. The van der Waals surface area contributed by atoms with Crippen LogP contribution in [0.2, 0.25) is 0 Å². The van der Waals surface area contributed by atoms with Crippen molar-refractivity contribution in [3.05, 3.63) is 234 Å². The van der Waals surface area contributed by atoms with E-state index in [1.54, 1.807) is 0 Å². The average molecular weight is 662 g/mol. The molecular formula is C51H35N. The molecule has 52 heavy (non-hydrogen) atoms. The summed E-state index contributed by atoms with van der Waals surface area (Å²) in [4.78, 5) is 2.36. The van der Waals surface area contributed by atoms with Gasteiger partial charge in [-0.2, -0.15) is 0 Å². The maximum absolute atomic E-state index is 2.42. The molecule has 8 aromatic rings. The van der Waals surface area contributed by atoms with Crippen molar-refractivity contribution < 1.29 is 0 Å². The van der Waals surface area contributed by atoms with Crippen molar-refractivity contribution in [1.29, 1.82) is 0 Å². The van der Waals surface area contributed by atoms with E-state index in [1.807, 2.05) is 0 Å². The second-order valence-corrected chi connectivity index (χ2v) is 13.7. The number of hydrogen-bond donors (Lipinski definition) is 0. The van der Waals surface area contributed by atoms with E-state index in [4.69, 9.17) is 0 Å². The first-order chi connectivity index (χ1) is 25.8. The molecule has 0 fully saturated rings. The van der Waals surface area contributed by atoms with E-state index in [1.165, 1.54) is 66.8 Å². The molecule has 0 saturated carbocycles. The average Bonchev–Trinajstić information content (AvgIpc) is 3.73. The minimum absolute atomic E-state index is 0.370. The van der Waals surface area contributed by atoms with Crippen LogP contribution in [-0.2, 0) is 5.41 Å². The standard InChI is InChI=1S/C51H35N/c1-3-13-36(14-4-1)38-23-29-42(30-24-38)52(43-31-25-39(26-32-43)37-15-5-2-6-16-37)44-33-27-40(28-34-44)50-35-41-17-7-10-20-47(41)51(50)48-21-11-8-18-45(48)46-19-9-12-22-49(46)51/h1-35H. The van der Waals surface area contributed by atoms with Crippen LogP contribution in [-0.4, -0.2) is 0 Å². The first-order valence-corrected chi connectivity index (χ1v) is 18.0. The summed E-state index contributed by atoms with van der Waals surface area (Å²) in [6.45, 7) is 0. The number of benzene rings is 8. The summed E-state index contributed by atoms with van der Waals surface area (Å²) in [6, 6.07) is 75.1. The quantitative estimate of drug-likeness (QED) is 0.171. The fraction of sp³-hybridized carbons (Fsp3) is 0.0196. The van der Waals surface area contributed by atoms with Gasteiger partial charge in [0.05, 0.1) is 5.41 Å². The second-order valence-electron chi connectivity index (χ2n) is 13.7. The Morgan fingerprint density at radius 1 is 0.288 bits per heavy atom. The van der Waals surface area contributed by atoms with Crippen LogP contribution in [0.5, 0.6) is 0 Å². The van der Waals surface area contributed by atoms with Gasteiger partial charge in [0.1, 0.15) is 0 Å². The summed E-state index contributed by atoms with van der Waals surface area (Å²) >= 11 is 0. The lowest BCUT2D eigenvalue weighted by Crippen LogP contribution is -2.26. The normalized spacial score (nSPS) is 13.3. The molecule has 244 valence electrons. The van der Waals surface area contributed by atoms with Crippen LogP contribution in [0.25, 0.3) is 45.0 Å². The maximum Gasteiger partial charge on any atom is 0.0725 e. The highest BCUT2D eigenvalue weighted by Gasteiger charge is 2.50. The van der Waals surface area contributed by atoms with Gasteiger partial charge in [0.2, 0.25) is 0 Å². The molecule has 1 spiro atoms. The summed E-state index contributed by atoms with van der Waals surface area (Å²) in [5, 5.41) is 0. The molecule has 2 aliphatic rings. The highest BCUT2D eigenvalue weighted by molar-refractivity contribution is 6.05. The van der Waals surface area contributed by atoms with Gasteiger partial charge in [0, 0.05) is 17.1 Å². The molecule has 0 heterocycles. The summed E-state index contributed by atoms with van der Waals surface area (Å²) in [5.41, 5.74) is 18.3. The van der Waals surface area contributed by atoms with E-state index < -0.39 is 0 Å². The fourth-order valence-electron chi connectivity index (χ4n) is 8.59. The van der Waals surface area contributed by atoms with E-state index >= 15 is 0 Å². The fourth-order valence-corrected chi connectivity index (χ4v) is 8.59. The third-order valence-electron chi connectivity index (χ3n) is 10.9. The van der Waals surface area contributed by atoms with Crippen LogP contribution in [0, 0.1) is 0 Å². The second kappa shape index (κ2) is 12.3. The molecular weight excluding hydrogens is 627 g/mol. The van der Waals surface area contributed by atoms with Gasteiger partial charge in [-0.3, -0.25) is 0 Å². The first-order valence-electron chi connectivity index (χ1n) is 18.0. The summed E-state index contributed by atoms with van der Waals surface area (Å²) in [5.74, 6) is 0. The Morgan fingerprint density at radius 3 is 1.13 bits per heavy atom.